The van der Waals surface area contributed by atoms with Crippen LogP contribution in [0.25, 0.3) is 0 Å². The third-order valence-corrected chi connectivity index (χ3v) is 2.19. The lowest BCUT2D eigenvalue weighted by atomic mass is 9.99. The molecular formula is C9H8N2O3. The lowest BCUT2D eigenvalue weighted by Crippen LogP contribution is -2.30. The van der Waals surface area contributed by atoms with Gasteiger partial charge in [0.25, 0.3) is 6.04 Å². The van der Waals surface area contributed by atoms with Crippen LogP contribution in [0.5, 0.6) is 0 Å². The number of hydrogen-bond acceptors (Lipinski definition) is 4. The van der Waals surface area contributed by atoms with Crippen LogP contribution in [-0.4, -0.2) is 22.3 Å². The Morgan fingerprint density at radius 1 is 1.43 bits per heavy atom. The molecule has 72 valence electrons. The zero-order valence-electron chi connectivity index (χ0n) is 7.20. The first kappa shape index (κ1) is 8.83. The van der Waals surface area contributed by atoms with Gasteiger partial charge in [-0.05, 0) is 6.07 Å². The van der Waals surface area contributed by atoms with Crippen molar-refractivity contribution in [3.05, 3.63) is 39.9 Å². The third kappa shape index (κ3) is 1.27. The van der Waals surface area contributed by atoms with Crippen molar-refractivity contribution in [1.82, 2.24) is 0 Å². The average Bonchev–Trinajstić information content (AvgIpc) is 2.18. The minimum Gasteiger partial charge on any atom is -0.381 e. The number of benzene rings is 1. The molecule has 1 aliphatic heterocycles. The van der Waals surface area contributed by atoms with Crippen LogP contribution < -0.4 is 0 Å². The first-order valence-corrected chi connectivity index (χ1v) is 4.15. The fourth-order valence-electron chi connectivity index (χ4n) is 1.45. The monoisotopic (exact) mass is 192 g/mol. The highest BCUT2D eigenvalue weighted by Crippen LogP contribution is 2.31. The summed E-state index contributed by atoms with van der Waals surface area (Å²) in [7, 11) is 0. The van der Waals surface area contributed by atoms with Crippen LogP contribution in [-0.2, 0) is 0 Å². The smallest absolute Gasteiger partial charge is 0.277 e. The molecule has 0 fully saturated rings. The predicted molar refractivity (Wildman–Crippen MR) is 50.3 cm³/mol. The number of para-hydroxylation sites is 1. The summed E-state index contributed by atoms with van der Waals surface area (Å²) >= 11 is 0. The van der Waals surface area contributed by atoms with Gasteiger partial charge in [0.05, 0.1) is 11.9 Å². The van der Waals surface area contributed by atoms with Crippen LogP contribution in [0.4, 0.5) is 5.69 Å². The van der Waals surface area contributed by atoms with Crippen molar-refractivity contribution in [2.24, 2.45) is 4.99 Å². The van der Waals surface area contributed by atoms with Crippen molar-refractivity contribution < 1.29 is 10.0 Å². The molecule has 0 saturated carbocycles. The SMILES string of the molecule is O=[N+]([O-])[C@H]1C=Nc2ccccc2C1O. The van der Waals surface area contributed by atoms with Gasteiger partial charge in [0.15, 0.2) is 6.10 Å². The largest absolute Gasteiger partial charge is 0.381 e. The maximum atomic E-state index is 10.5. The van der Waals surface area contributed by atoms with E-state index in [-0.39, 0.29) is 0 Å². The molecule has 1 heterocycles. The van der Waals surface area contributed by atoms with E-state index in [0.717, 1.165) is 0 Å². The first-order valence-electron chi connectivity index (χ1n) is 4.15. The minimum absolute atomic E-state index is 0.511. The molecule has 2 rings (SSSR count). The molecule has 0 aromatic heterocycles. The van der Waals surface area contributed by atoms with Crippen LogP contribution in [0, 0.1) is 10.1 Å². The van der Waals surface area contributed by atoms with Gasteiger partial charge in [0.1, 0.15) is 0 Å². The Morgan fingerprint density at radius 2 is 2.14 bits per heavy atom. The summed E-state index contributed by atoms with van der Waals surface area (Å²) in [6, 6.07) is 5.72. The molecular weight excluding hydrogens is 184 g/mol. The van der Waals surface area contributed by atoms with E-state index in [1.54, 1.807) is 24.3 Å². The fourth-order valence-corrected chi connectivity index (χ4v) is 1.45. The number of aliphatic imine (C=N–C) groups is 1. The highest BCUT2D eigenvalue weighted by atomic mass is 16.6. The molecule has 1 N–H and O–H groups in total. The van der Waals surface area contributed by atoms with Crippen LogP contribution in [0.1, 0.15) is 11.7 Å². The van der Waals surface area contributed by atoms with Gasteiger partial charge in [-0.15, -0.1) is 0 Å². The summed E-state index contributed by atoms with van der Waals surface area (Å²) in [5, 5.41) is 20.2. The van der Waals surface area contributed by atoms with E-state index < -0.39 is 17.1 Å². The number of fused-ring (bicyclic) bond motifs is 1. The van der Waals surface area contributed by atoms with E-state index in [1.165, 1.54) is 6.21 Å². The Labute approximate surface area is 79.9 Å². The minimum atomic E-state index is -1.13. The van der Waals surface area contributed by atoms with Gasteiger partial charge in [-0.25, -0.2) is 0 Å². The van der Waals surface area contributed by atoms with Crippen molar-refractivity contribution >= 4 is 11.9 Å². The topological polar surface area (TPSA) is 75.7 Å². The maximum absolute atomic E-state index is 10.5. The number of hydrogen-bond donors (Lipinski definition) is 1. The van der Waals surface area contributed by atoms with Crippen molar-refractivity contribution in [1.29, 1.82) is 0 Å². The van der Waals surface area contributed by atoms with Crippen molar-refractivity contribution in [2.45, 2.75) is 12.1 Å². The van der Waals surface area contributed by atoms with E-state index in [4.69, 9.17) is 0 Å². The quantitative estimate of drug-likeness (QED) is 0.534. The molecule has 1 aromatic carbocycles. The maximum Gasteiger partial charge on any atom is 0.277 e. The summed E-state index contributed by atoms with van der Waals surface area (Å²) in [6.45, 7) is 0. The normalized spacial score (nSPS) is 24.4. The highest BCUT2D eigenvalue weighted by molar-refractivity contribution is 5.73. The van der Waals surface area contributed by atoms with E-state index in [9.17, 15) is 15.2 Å². The van der Waals surface area contributed by atoms with Gasteiger partial charge in [0.2, 0.25) is 0 Å². The van der Waals surface area contributed by atoms with E-state index in [0.29, 0.717) is 11.3 Å². The van der Waals surface area contributed by atoms with E-state index >= 15 is 0 Å². The van der Waals surface area contributed by atoms with Crippen molar-refractivity contribution in [3.63, 3.8) is 0 Å². The lowest BCUT2D eigenvalue weighted by Gasteiger charge is -2.18. The second kappa shape index (κ2) is 3.19. The number of nitrogens with zero attached hydrogens (tertiary/aromatic N) is 2. The summed E-state index contributed by atoms with van der Waals surface area (Å²) < 4.78 is 0. The van der Waals surface area contributed by atoms with Gasteiger partial charge in [-0.3, -0.25) is 15.1 Å². The zero-order chi connectivity index (χ0) is 10.1. The Hall–Kier alpha value is -1.75. The van der Waals surface area contributed by atoms with Gasteiger partial charge >= 0.3 is 0 Å². The predicted octanol–water partition coefficient (Wildman–Crippen LogP) is 1.08. The molecule has 1 aliphatic rings. The summed E-state index contributed by atoms with van der Waals surface area (Å²) in [4.78, 5) is 13.9. The molecule has 0 aliphatic carbocycles. The number of nitro groups is 1. The van der Waals surface area contributed by atoms with Crippen molar-refractivity contribution in [3.8, 4) is 0 Å². The van der Waals surface area contributed by atoms with Gasteiger partial charge in [0, 0.05) is 10.5 Å². The standard InChI is InChI=1S/C9H8N2O3/c12-9-6-3-1-2-4-7(6)10-5-8(9)11(13)14/h1-5,8-9,12H/t8-,9?/m0/s1. The molecule has 0 bridgehead atoms. The summed E-state index contributed by atoms with van der Waals surface area (Å²) in [5.41, 5.74) is 1.11. The number of aliphatic hydroxyl groups is 1. The molecule has 0 saturated heterocycles. The molecule has 14 heavy (non-hydrogen) atoms. The Bertz CT molecular complexity index is 403. The van der Waals surface area contributed by atoms with Gasteiger partial charge in [-0.1, -0.05) is 18.2 Å². The Balaban J connectivity index is 2.44. The molecule has 0 amide bonds. The second-order valence-corrected chi connectivity index (χ2v) is 3.06. The summed E-state index contributed by atoms with van der Waals surface area (Å²) in [5.74, 6) is 0. The molecule has 0 spiro atoms. The highest BCUT2D eigenvalue weighted by Gasteiger charge is 2.33. The number of rotatable bonds is 1. The van der Waals surface area contributed by atoms with Crippen LogP contribution >= 0.6 is 0 Å². The Kier molecular flexibility index (Phi) is 2.01. The van der Waals surface area contributed by atoms with Gasteiger partial charge in [-0.2, -0.15) is 0 Å². The summed E-state index contributed by atoms with van der Waals surface area (Å²) in [6.07, 6.45) is 0.0752. The molecule has 2 atom stereocenters. The number of aliphatic hydroxyl groups excluding tert-OH is 1. The average molecular weight is 192 g/mol. The van der Waals surface area contributed by atoms with Crippen LogP contribution in [0.15, 0.2) is 29.3 Å². The van der Waals surface area contributed by atoms with Crippen LogP contribution in [0.2, 0.25) is 0 Å². The third-order valence-electron chi connectivity index (χ3n) is 2.19. The molecule has 5 nitrogen and oxygen atoms in total. The lowest BCUT2D eigenvalue weighted by molar-refractivity contribution is -0.514. The Morgan fingerprint density at radius 3 is 2.86 bits per heavy atom. The molecule has 5 heteroatoms. The zero-order valence-corrected chi connectivity index (χ0v) is 7.20. The molecule has 0 radical (unpaired) electrons. The van der Waals surface area contributed by atoms with Crippen molar-refractivity contribution in [2.75, 3.05) is 0 Å². The molecule has 1 unspecified atom stereocenters. The first-order chi connectivity index (χ1) is 6.70. The fraction of sp³-hybridized carbons (Fsp3) is 0.222. The van der Waals surface area contributed by atoms with E-state index in [1.807, 2.05) is 0 Å². The van der Waals surface area contributed by atoms with Crippen LogP contribution in [0.3, 0.4) is 0 Å². The molecule has 1 aromatic rings. The second-order valence-electron chi connectivity index (χ2n) is 3.06. The van der Waals surface area contributed by atoms with Gasteiger partial charge < -0.3 is 5.11 Å². The van der Waals surface area contributed by atoms with E-state index in [2.05, 4.69) is 4.99 Å².